The van der Waals surface area contributed by atoms with Crippen molar-refractivity contribution in [2.75, 3.05) is 34.8 Å². The maximum absolute atomic E-state index is 14.9. The van der Waals surface area contributed by atoms with Gasteiger partial charge < -0.3 is 88.2 Å². The summed E-state index contributed by atoms with van der Waals surface area (Å²) in [7, 11) is 6.32. The molecule has 2 aliphatic heterocycles. The topological polar surface area (TPSA) is 409 Å². The van der Waals surface area contributed by atoms with Crippen LogP contribution in [0.5, 0.6) is 0 Å². The van der Waals surface area contributed by atoms with Crippen LogP contribution in [-0.4, -0.2) is 247 Å². The highest BCUT2D eigenvalue weighted by Crippen LogP contribution is 2.40. The lowest BCUT2D eigenvalue weighted by Crippen LogP contribution is -2.68. The second-order valence-electron chi connectivity index (χ2n) is 31.1. The Morgan fingerprint density at radius 1 is 0.383 bits per heavy atom. The first kappa shape index (κ1) is 84.1. The number of nitrogens with one attached hydrogen (secondary N) is 4. The molecule has 6 aliphatic carbocycles. The van der Waals surface area contributed by atoms with Gasteiger partial charge in [0.15, 0.2) is 61.3 Å². The van der Waals surface area contributed by atoms with Crippen LogP contribution in [0.2, 0.25) is 0 Å². The minimum absolute atomic E-state index is 0.0118. The molecule has 8 aliphatic rings. The highest BCUT2D eigenvalue weighted by atomic mass is 16.7. The minimum atomic E-state index is -1.75. The zero-order valence-electron chi connectivity index (χ0n) is 63.8. The van der Waals surface area contributed by atoms with Crippen LogP contribution in [0.4, 0.5) is 4.79 Å². The predicted octanol–water partition coefficient (Wildman–Crippen LogP) is 3.25. The van der Waals surface area contributed by atoms with E-state index in [-0.39, 0.29) is 68.0 Å². The molecule has 8 rings (SSSR count). The second kappa shape index (κ2) is 37.1. The maximum atomic E-state index is 14.9. The number of hydrogen-bond donors (Lipinski definition) is 4. The van der Waals surface area contributed by atoms with Gasteiger partial charge in [0, 0.05) is 136 Å². The summed E-state index contributed by atoms with van der Waals surface area (Å²) in [5.41, 5.74) is -0.695. The molecule has 0 unspecified atom stereocenters. The summed E-state index contributed by atoms with van der Waals surface area (Å²) in [6, 6.07) is -2.50. The molecule has 8 fully saturated rings. The van der Waals surface area contributed by atoms with Crippen LogP contribution >= 0.6 is 0 Å². The van der Waals surface area contributed by atoms with E-state index in [4.69, 9.17) is 47.4 Å². The minimum Gasteiger partial charge on any atom is -0.461 e. The highest BCUT2D eigenvalue weighted by Gasteiger charge is 2.59. The van der Waals surface area contributed by atoms with Gasteiger partial charge in [-0.3, -0.25) is 67.1 Å². The number of ether oxygens (including phenoxy) is 10. The fourth-order valence-corrected chi connectivity index (χ4v) is 16.8. The van der Waals surface area contributed by atoms with Crippen molar-refractivity contribution in [3.63, 3.8) is 0 Å². The molecule has 4 N–H and O–H groups in total. The Morgan fingerprint density at radius 3 is 1.06 bits per heavy atom. The number of nitrogens with zero attached hydrogens (tertiary/aromatic N) is 4. The van der Waals surface area contributed by atoms with Crippen molar-refractivity contribution in [1.82, 2.24) is 40.9 Å². The number of carbonyl (C=O) groups is 15. The molecule has 0 bridgehead atoms. The Bertz CT molecular complexity index is 3330. The summed E-state index contributed by atoms with van der Waals surface area (Å²) in [5.74, 6) is -12.5. The maximum Gasteiger partial charge on any atom is 0.407 e. The standard InChI is InChI=1S/C74H110N8O25/c1-15-30-98-72(96)48-25-29-54(36-48)82(14)71(95)62-58(102-40(5)86)56(100-38(3)84)60(104-42(7)88)67(106-62)78-64(90)44-23-26-51(34-44)79(11)68(92)46-18-16-20-49(31-46)75-63(89)43-22-28-53(33-43)81(13)70(94)61-57(101-39(4)85)55(99-37(2)83)59(103-41(6)87)66(105-61)77-65(91)45-24-27-52(35-45)80(12)69(93)47-19-17-21-50(32-47)76-73(97)107-74(8,9)10/h15,43-62,66-67H,1,16-36H2,2-14H3,(H,75,89)(H,76,97)(H,77,91)(H,78,90)/t43-,44-,45-,46+,47+,48-,49-,50-,51+,52+,53+,54+,55-,56-,57-,58-,59+,60+,61-,62-,66+,67+/m0/s1. The van der Waals surface area contributed by atoms with Gasteiger partial charge >= 0.3 is 47.9 Å². The first-order valence-corrected chi connectivity index (χ1v) is 37.5. The molecule has 8 amide bonds. The summed E-state index contributed by atoms with van der Waals surface area (Å²) in [6.07, 6.45) is -7.43. The smallest absolute Gasteiger partial charge is 0.407 e. The third-order valence-electron chi connectivity index (χ3n) is 22.0. The van der Waals surface area contributed by atoms with E-state index >= 15 is 0 Å². The third-order valence-corrected chi connectivity index (χ3v) is 22.0. The fourth-order valence-electron chi connectivity index (χ4n) is 16.8. The van der Waals surface area contributed by atoms with E-state index in [2.05, 4.69) is 27.8 Å². The number of hydrogen-bond acceptors (Lipinski definition) is 25. The molecule has 107 heavy (non-hydrogen) atoms. The summed E-state index contributed by atoms with van der Waals surface area (Å²) >= 11 is 0. The molecule has 2 heterocycles. The zero-order chi connectivity index (χ0) is 78.6. The van der Waals surface area contributed by atoms with Crippen LogP contribution in [0.25, 0.3) is 0 Å². The van der Waals surface area contributed by atoms with Crippen molar-refractivity contribution in [3.8, 4) is 0 Å². The van der Waals surface area contributed by atoms with Crippen molar-refractivity contribution in [3.05, 3.63) is 12.7 Å². The average Bonchev–Trinajstić information content (AvgIpc) is 1.76. The van der Waals surface area contributed by atoms with Crippen molar-refractivity contribution < 1.29 is 119 Å². The summed E-state index contributed by atoms with van der Waals surface area (Å²) < 4.78 is 57.2. The Morgan fingerprint density at radius 2 is 0.701 bits per heavy atom. The van der Waals surface area contributed by atoms with Crippen LogP contribution in [0.1, 0.15) is 191 Å². The Kier molecular flexibility index (Phi) is 29.2. The molecule has 33 nitrogen and oxygen atoms in total. The molecular formula is C74H110N8O25. The van der Waals surface area contributed by atoms with Gasteiger partial charge in [-0.15, -0.1) is 0 Å². The molecule has 6 saturated carbocycles. The Labute approximate surface area is 623 Å². The van der Waals surface area contributed by atoms with E-state index in [9.17, 15) is 71.9 Å². The molecule has 2 saturated heterocycles. The number of alkyl carbamates (subject to hydrolysis) is 1. The first-order valence-electron chi connectivity index (χ1n) is 37.5. The molecule has 22 atom stereocenters. The second-order valence-corrected chi connectivity index (χ2v) is 31.1. The fraction of sp³-hybridized carbons (Fsp3) is 0.770. The van der Waals surface area contributed by atoms with Gasteiger partial charge in [-0.2, -0.15) is 0 Å². The van der Waals surface area contributed by atoms with Gasteiger partial charge in [0.25, 0.3) is 11.8 Å². The van der Waals surface area contributed by atoms with Crippen LogP contribution < -0.4 is 21.3 Å². The van der Waals surface area contributed by atoms with E-state index < -0.39 is 192 Å². The van der Waals surface area contributed by atoms with Crippen LogP contribution in [0.3, 0.4) is 0 Å². The molecular weight excluding hydrogens is 1400 g/mol. The van der Waals surface area contributed by atoms with Gasteiger partial charge in [-0.1, -0.05) is 25.5 Å². The number of likely N-dealkylation sites (N-methyl/N-ethyl adjacent to an activating group) is 2. The highest BCUT2D eigenvalue weighted by molar-refractivity contribution is 5.87. The van der Waals surface area contributed by atoms with E-state index in [1.54, 1.807) is 44.7 Å². The van der Waals surface area contributed by atoms with E-state index in [1.807, 2.05) is 0 Å². The molecule has 0 aromatic carbocycles. The molecule has 0 aromatic heterocycles. The largest absolute Gasteiger partial charge is 0.461 e. The Balaban J connectivity index is 0.867. The van der Waals surface area contributed by atoms with Crippen LogP contribution in [-0.2, 0) is 114 Å². The van der Waals surface area contributed by atoms with Crippen LogP contribution in [0.15, 0.2) is 12.7 Å². The van der Waals surface area contributed by atoms with Gasteiger partial charge in [0.1, 0.15) is 12.2 Å². The molecule has 33 heteroatoms. The number of carbonyl (C=O) groups excluding carboxylic acids is 15. The van der Waals surface area contributed by atoms with Gasteiger partial charge in [0.05, 0.1) is 5.92 Å². The van der Waals surface area contributed by atoms with Crippen molar-refractivity contribution in [1.29, 1.82) is 0 Å². The van der Waals surface area contributed by atoms with Gasteiger partial charge in [0.2, 0.25) is 29.5 Å². The van der Waals surface area contributed by atoms with Crippen molar-refractivity contribution in [2.24, 2.45) is 35.5 Å². The number of rotatable bonds is 24. The predicted molar refractivity (Wildman–Crippen MR) is 373 cm³/mol. The first-order chi connectivity index (χ1) is 50.4. The summed E-state index contributed by atoms with van der Waals surface area (Å²) in [4.78, 5) is 209. The van der Waals surface area contributed by atoms with E-state index in [0.29, 0.717) is 103 Å². The monoisotopic (exact) mass is 1510 g/mol. The molecule has 0 radical (unpaired) electrons. The lowest BCUT2D eigenvalue weighted by Gasteiger charge is -2.45. The van der Waals surface area contributed by atoms with Crippen molar-refractivity contribution in [2.45, 2.75) is 294 Å². The summed E-state index contributed by atoms with van der Waals surface area (Å²) in [6.45, 7) is 15.3. The third kappa shape index (κ3) is 22.1. The average molecular weight is 1510 g/mol. The van der Waals surface area contributed by atoms with Gasteiger partial charge in [-0.25, -0.2) is 4.79 Å². The molecule has 0 aromatic rings. The molecule has 0 spiro atoms. The zero-order valence-corrected chi connectivity index (χ0v) is 63.8. The Hall–Kier alpha value is -8.49. The number of amides is 8. The van der Waals surface area contributed by atoms with Crippen molar-refractivity contribution >= 4 is 89.2 Å². The van der Waals surface area contributed by atoms with E-state index in [0.717, 1.165) is 41.5 Å². The lowest BCUT2D eigenvalue weighted by molar-refractivity contribution is -0.250. The van der Waals surface area contributed by atoms with E-state index in [1.165, 1.54) is 30.0 Å². The van der Waals surface area contributed by atoms with Gasteiger partial charge in [-0.05, 0) is 136 Å². The SMILES string of the molecule is C=CCOC(=O)[C@H]1CC[C@@H](N(C)C(=O)[C@H]2O[C@@H](NC(=O)[C@H]3CC[C@@H](N(C)C(=O)[C@@H]4CCC[C@H](NC(=O)[C@H]5CC[C@@H](N(C)C(=O)[C@H]6O[C@@H](NC(=O)[C@H]7CC[C@@H](N(C)C(=O)[C@@H]8CCC[C@H](NC(=O)OC(C)(C)C)C8)C7)[C@H](OC(C)=O)[C@@H](OC(C)=O)[C@@H]6OC(C)=O)C5)C4)C3)[C@H](OC(C)=O)[C@@H](OC(C)=O)[C@@H]2OC(C)=O)C1. The number of esters is 7. The quantitative estimate of drug-likeness (QED) is 0.0612. The normalized spacial score (nSPS) is 32.5. The lowest BCUT2D eigenvalue weighted by atomic mass is 9.84. The molecule has 596 valence electrons. The summed E-state index contributed by atoms with van der Waals surface area (Å²) in [5, 5.41) is 11.6. The van der Waals surface area contributed by atoms with Crippen LogP contribution in [0, 0.1) is 35.5 Å².